The van der Waals surface area contributed by atoms with Crippen molar-refractivity contribution in [2.75, 3.05) is 20.2 Å². The molecule has 4 unspecified atom stereocenters. The lowest BCUT2D eigenvalue weighted by atomic mass is 9.71. The van der Waals surface area contributed by atoms with Crippen LogP contribution in [-0.4, -0.2) is 41.1 Å². The number of hydrazone groups is 1. The second-order valence-electron chi connectivity index (χ2n) is 8.30. The Morgan fingerprint density at radius 1 is 1.21 bits per heavy atom. The van der Waals surface area contributed by atoms with E-state index in [0.29, 0.717) is 17.8 Å². The molecular formula is C22H30N4O2. The van der Waals surface area contributed by atoms with Gasteiger partial charge in [-0.3, -0.25) is 9.99 Å². The minimum Gasteiger partial charge on any atom is -0.373 e. The lowest BCUT2D eigenvalue weighted by Crippen LogP contribution is -2.34. The molecule has 2 aromatic heterocycles. The first-order chi connectivity index (χ1) is 13.5. The summed E-state index contributed by atoms with van der Waals surface area (Å²) in [6.07, 6.45) is 3.95. The van der Waals surface area contributed by atoms with Gasteiger partial charge in [-0.15, -0.1) is 0 Å². The van der Waals surface area contributed by atoms with Crippen LogP contribution in [0.15, 0.2) is 28.0 Å². The summed E-state index contributed by atoms with van der Waals surface area (Å²) in [4.78, 5) is 4.84. The maximum absolute atomic E-state index is 6.18. The maximum atomic E-state index is 6.18. The third kappa shape index (κ3) is 3.46. The number of aryl methyl sites for hydroxylation is 3. The van der Waals surface area contributed by atoms with Crippen LogP contribution in [0.5, 0.6) is 0 Å². The molecule has 4 heterocycles. The van der Waals surface area contributed by atoms with Gasteiger partial charge >= 0.3 is 0 Å². The number of hydrogen-bond acceptors (Lipinski definition) is 6. The van der Waals surface area contributed by atoms with Crippen molar-refractivity contribution in [3.8, 4) is 0 Å². The van der Waals surface area contributed by atoms with Gasteiger partial charge in [0, 0.05) is 55.2 Å². The fourth-order valence-corrected chi connectivity index (χ4v) is 5.06. The van der Waals surface area contributed by atoms with E-state index in [4.69, 9.17) is 19.3 Å². The van der Waals surface area contributed by atoms with Crippen LogP contribution in [0.4, 0.5) is 0 Å². The van der Waals surface area contributed by atoms with Gasteiger partial charge in [-0.1, -0.05) is 11.2 Å². The van der Waals surface area contributed by atoms with E-state index in [2.05, 4.69) is 37.1 Å². The standard InChI is InChI=1S/C22H30N4O2/c1-13-7-6-9-23-22(13)21(18-12-26(5)24-14(18)2)17-8-10-27-19(11-17)20-15(3)25-28-16(20)4/h6-7,9,17-19,21H,8,10-12H2,1-5H3. The third-order valence-electron chi connectivity index (χ3n) is 6.37. The molecule has 4 atom stereocenters. The van der Waals surface area contributed by atoms with Gasteiger partial charge in [-0.05, 0) is 58.1 Å². The summed E-state index contributed by atoms with van der Waals surface area (Å²) in [6.45, 7) is 10.0. The van der Waals surface area contributed by atoms with Crippen LogP contribution in [0.3, 0.4) is 0 Å². The first-order valence-electron chi connectivity index (χ1n) is 10.2. The molecule has 0 bridgehead atoms. The lowest BCUT2D eigenvalue weighted by Gasteiger charge is -2.37. The molecule has 150 valence electrons. The maximum Gasteiger partial charge on any atom is 0.139 e. The quantitative estimate of drug-likeness (QED) is 0.794. The zero-order chi connectivity index (χ0) is 19.8. The molecule has 2 aliphatic heterocycles. The van der Waals surface area contributed by atoms with Gasteiger partial charge < -0.3 is 9.26 Å². The van der Waals surface area contributed by atoms with Gasteiger partial charge in [0.15, 0.2) is 0 Å². The number of rotatable bonds is 4. The van der Waals surface area contributed by atoms with Crippen LogP contribution in [-0.2, 0) is 4.74 Å². The molecule has 0 saturated carbocycles. The molecule has 2 aromatic rings. The first kappa shape index (κ1) is 19.1. The van der Waals surface area contributed by atoms with E-state index in [1.54, 1.807) is 0 Å². The molecule has 0 N–H and O–H groups in total. The van der Waals surface area contributed by atoms with Crippen molar-refractivity contribution in [1.82, 2.24) is 15.1 Å². The molecule has 0 aliphatic carbocycles. The fraction of sp³-hybridized carbons (Fsp3) is 0.591. The fourth-order valence-electron chi connectivity index (χ4n) is 5.06. The van der Waals surface area contributed by atoms with E-state index in [-0.39, 0.29) is 6.10 Å². The Kier molecular flexibility index (Phi) is 5.23. The minimum atomic E-state index is 0.0351. The van der Waals surface area contributed by atoms with Crippen molar-refractivity contribution in [3.63, 3.8) is 0 Å². The highest BCUT2D eigenvalue weighted by molar-refractivity contribution is 5.86. The minimum absolute atomic E-state index is 0.0351. The van der Waals surface area contributed by atoms with E-state index in [9.17, 15) is 0 Å². The van der Waals surface area contributed by atoms with Crippen LogP contribution in [0.25, 0.3) is 0 Å². The van der Waals surface area contributed by atoms with E-state index in [1.807, 2.05) is 26.1 Å². The predicted molar refractivity (Wildman–Crippen MR) is 108 cm³/mol. The number of nitrogens with zero attached hydrogens (tertiary/aromatic N) is 4. The van der Waals surface area contributed by atoms with Crippen LogP contribution in [0.1, 0.15) is 60.1 Å². The van der Waals surface area contributed by atoms with Gasteiger partial charge in [0.1, 0.15) is 5.76 Å². The summed E-state index contributed by atoms with van der Waals surface area (Å²) in [7, 11) is 2.06. The average molecular weight is 383 g/mol. The lowest BCUT2D eigenvalue weighted by molar-refractivity contribution is -0.0205. The number of pyridine rings is 1. The van der Waals surface area contributed by atoms with E-state index in [0.717, 1.165) is 43.0 Å². The summed E-state index contributed by atoms with van der Waals surface area (Å²) in [5.41, 5.74) is 5.73. The molecule has 0 amide bonds. The normalized spacial score (nSPS) is 26.4. The van der Waals surface area contributed by atoms with Crippen molar-refractivity contribution in [2.24, 2.45) is 16.9 Å². The van der Waals surface area contributed by atoms with Crippen LogP contribution in [0.2, 0.25) is 0 Å². The molecular weight excluding hydrogens is 352 g/mol. The zero-order valence-electron chi connectivity index (χ0n) is 17.5. The Labute approximate surface area is 167 Å². The summed E-state index contributed by atoms with van der Waals surface area (Å²) >= 11 is 0. The predicted octanol–water partition coefficient (Wildman–Crippen LogP) is 4.18. The average Bonchev–Trinajstić information content (AvgIpc) is 3.18. The second kappa shape index (κ2) is 7.66. The largest absolute Gasteiger partial charge is 0.373 e. The van der Waals surface area contributed by atoms with Crippen LogP contribution in [0, 0.1) is 32.6 Å². The van der Waals surface area contributed by atoms with E-state index in [1.165, 1.54) is 17.0 Å². The molecule has 6 nitrogen and oxygen atoms in total. The molecule has 0 radical (unpaired) electrons. The molecule has 6 heteroatoms. The number of ether oxygens (including phenoxy) is 1. The van der Waals surface area contributed by atoms with Gasteiger partial charge in [-0.2, -0.15) is 5.10 Å². The summed E-state index contributed by atoms with van der Waals surface area (Å²) in [5.74, 6) is 2.06. The van der Waals surface area contributed by atoms with Crippen molar-refractivity contribution < 1.29 is 9.26 Å². The van der Waals surface area contributed by atoms with Gasteiger partial charge in [0.2, 0.25) is 0 Å². The molecule has 0 aromatic carbocycles. The third-order valence-corrected chi connectivity index (χ3v) is 6.37. The Bertz CT molecular complexity index is 856. The Morgan fingerprint density at radius 2 is 2.04 bits per heavy atom. The van der Waals surface area contributed by atoms with Gasteiger partial charge in [0.25, 0.3) is 0 Å². The van der Waals surface area contributed by atoms with Crippen molar-refractivity contribution >= 4 is 5.71 Å². The van der Waals surface area contributed by atoms with Crippen molar-refractivity contribution in [3.05, 3.63) is 46.6 Å². The topological polar surface area (TPSA) is 63.8 Å². The van der Waals surface area contributed by atoms with Crippen LogP contribution >= 0.6 is 0 Å². The van der Waals surface area contributed by atoms with Crippen LogP contribution < -0.4 is 0 Å². The first-order valence-corrected chi connectivity index (χ1v) is 10.2. The van der Waals surface area contributed by atoms with Gasteiger partial charge in [-0.25, -0.2) is 0 Å². The van der Waals surface area contributed by atoms with Crippen molar-refractivity contribution in [2.45, 2.75) is 52.6 Å². The monoisotopic (exact) mass is 382 g/mol. The highest BCUT2D eigenvalue weighted by Gasteiger charge is 2.41. The molecule has 1 fully saturated rings. The number of hydrogen-bond donors (Lipinski definition) is 0. The smallest absolute Gasteiger partial charge is 0.139 e. The molecule has 2 aliphatic rings. The van der Waals surface area contributed by atoms with E-state index >= 15 is 0 Å². The molecule has 0 spiro atoms. The summed E-state index contributed by atoms with van der Waals surface area (Å²) in [5, 5.41) is 10.9. The molecule has 4 rings (SSSR count). The Morgan fingerprint density at radius 3 is 2.68 bits per heavy atom. The molecule has 28 heavy (non-hydrogen) atoms. The SMILES string of the molecule is CC1=NN(C)CC1C(c1ncccc1C)C1CCOC(c2c(C)noc2C)C1. The highest BCUT2D eigenvalue weighted by atomic mass is 16.5. The highest BCUT2D eigenvalue weighted by Crippen LogP contribution is 2.45. The Balaban J connectivity index is 1.68. The Hall–Kier alpha value is -2.21. The number of aromatic nitrogens is 2. The summed E-state index contributed by atoms with van der Waals surface area (Å²) in [6, 6.07) is 4.19. The molecule has 1 saturated heterocycles. The summed E-state index contributed by atoms with van der Waals surface area (Å²) < 4.78 is 11.6. The van der Waals surface area contributed by atoms with Gasteiger partial charge in [0.05, 0.1) is 11.8 Å². The van der Waals surface area contributed by atoms with E-state index < -0.39 is 0 Å². The van der Waals surface area contributed by atoms with Crippen molar-refractivity contribution in [1.29, 1.82) is 0 Å². The zero-order valence-corrected chi connectivity index (χ0v) is 17.5. The second-order valence-corrected chi connectivity index (χ2v) is 8.30.